The number of carboxylic acids is 2. The van der Waals surface area contributed by atoms with E-state index in [1.807, 2.05) is 18.2 Å². The zero-order valence-corrected chi connectivity index (χ0v) is 12.1. The number of benzene rings is 2. The number of hydrogen-bond donors (Lipinski definition) is 3. The van der Waals surface area contributed by atoms with Crippen LogP contribution in [0.3, 0.4) is 0 Å². The number of aromatic nitrogens is 1. The van der Waals surface area contributed by atoms with Gasteiger partial charge in [0, 0.05) is 26.8 Å². The van der Waals surface area contributed by atoms with Gasteiger partial charge in [-0.05, 0) is 36.2 Å². The maximum atomic E-state index is 11.0. The van der Waals surface area contributed by atoms with Gasteiger partial charge >= 0.3 is 11.9 Å². The van der Waals surface area contributed by atoms with Gasteiger partial charge in [-0.15, -0.1) is 0 Å². The molecule has 5 nitrogen and oxygen atoms in total. The maximum absolute atomic E-state index is 11.0. The highest BCUT2D eigenvalue weighted by atomic mass is 35.5. The van der Waals surface area contributed by atoms with Crippen LogP contribution < -0.4 is 0 Å². The Bertz CT molecular complexity index is 886. The van der Waals surface area contributed by atoms with Crippen molar-refractivity contribution >= 4 is 45.3 Å². The first-order chi connectivity index (χ1) is 10.5. The lowest BCUT2D eigenvalue weighted by molar-refractivity contribution is -0.154. The van der Waals surface area contributed by atoms with Crippen LogP contribution >= 0.6 is 11.6 Å². The number of halogens is 1. The second-order valence-electron chi connectivity index (χ2n) is 5.13. The summed E-state index contributed by atoms with van der Waals surface area (Å²) in [4.78, 5) is 25.2. The minimum atomic E-state index is -1.45. The van der Waals surface area contributed by atoms with Crippen LogP contribution in [0, 0.1) is 5.92 Å². The summed E-state index contributed by atoms with van der Waals surface area (Å²) in [5, 5.41) is 20.5. The summed E-state index contributed by atoms with van der Waals surface area (Å²) in [5.41, 5.74) is 2.40. The lowest BCUT2D eigenvalue weighted by Gasteiger charge is -2.07. The molecule has 0 bridgehead atoms. The van der Waals surface area contributed by atoms with E-state index in [0.717, 1.165) is 21.8 Å². The molecule has 0 spiro atoms. The van der Waals surface area contributed by atoms with Crippen LogP contribution in [0.5, 0.6) is 0 Å². The molecule has 3 N–H and O–H groups in total. The molecule has 112 valence electrons. The molecule has 0 saturated carbocycles. The molecule has 0 radical (unpaired) electrons. The van der Waals surface area contributed by atoms with Crippen molar-refractivity contribution in [2.24, 2.45) is 5.92 Å². The first-order valence-electron chi connectivity index (χ1n) is 6.61. The third-order valence-electron chi connectivity index (χ3n) is 3.66. The average Bonchev–Trinajstić information content (AvgIpc) is 2.81. The van der Waals surface area contributed by atoms with Crippen molar-refractivity contribution in [3.63, 3.8) is 0 Å². The van der Waals surface area contributed by atoms with Crippen LogP contribution in [-0.2, 0) is 16.0 Å². The van der Waals surface area contributed by atoms with Crippen molar-refractivity contribution in [1.82, 2.24) is 4.98 Å². The smallest absolute Gasteiger partial charge is 0.318 e. The fraction of sp³-hybridized carbons (Fsp3) is 0.125. The number of H-pyrrole nitrogens is 1. The van der Waals surface area contributed by atoms with Crippen LogP contribution in [-0.4, -0.2) is 27.1 Å². The summed E-state index contributed by atoms with van der Waals surface area (Å²) < 4.78 is 0. The van der Waals surface area contributed by atoms with Crippen molar-refractivity contribution in [2.75, 3.05) is 0 Å². The molecule has 0 fully saturated rings. The molecule has 0 amide bonds. The van der Waals surface area contributed by atoms with Gasteiger partial charge in [-0.1, -0.05) is 23.7 Å². The molecule has 0 saturated heterocycles. The number of carbonyl (C=O) groups is 2. The van der Waals surface area contributed by atoms with Gasteiger partial charge in [0.15, 0.2) is 5.92 Å². The van der Waals surface area contributed by atoms with Crippen molar-refractivity contribution in [3.8, 4) is 0 Å². The maximum Gasteiger partial charge on any atom is 0.318 e. The molecule has 6 heteroatoms. The lowest BCUT2D eigenvalue weighted by Crippen LogP contribution is -2.25. The molecule has 22 heavy (non-hydrogen) atoms. The van der Waals surface area contributed by atoms with E-state index < -0.39 is 17.9 Å². The molecule has 0 unspecified atom stereocenters. The molecule has 2 aromatic carbocycles. The second kappa shape index (κ2) is 5.35. The zero-order chi connectivity index (χ0) is 15.9. The Morgan fingerprint density at radius 1 is 1.00 bits per heavy atom. The number of hydrogen-bond acceptors (Lipinski definition) is 2. The molecule has 1 heterocycles. The van der Waals surface area contributed by atoms with E-state index in [2.05, 4.69) is 4.98 Å². The molecule has 1 aromatic heterocycles. The minimum Gasteiger partial charge on any atom is -0.481 e. The van der Waals surface area contributed by atoms with Crippen LogP contribution in [0.1, 0.15) is 5.56 Å². The van der Waals surface area contributed by atoms with Gasteiger partial charge in [0.2, 0.25) is 0 Å². The summed E-state index contributed by atoms with van der Waals surface area (Å²) in [6.45, 7) is 0. The Balaban J connectivity index is 2.05. The van der Waals surface area contributed by atoms with E-state index in [0.29, 0.717) is 10.6 Å². The predicted molar refractivity (Wildman–Crippen MR) is 83.3 cm³/mol. The van der Waals surface area contributed by atoms with Crippen molar-refractivity contribution in [2.45, 2.75) is 6.42 Å². The van der Waals surface area contributed by atoms with E-state index in [4.69, 9.17) is 21.8 Å². The fourth-order valence-electron chi connectivity index (χ4n) is 2.57. The van der Waals surface area contributed by atoms with E-state index >= 15 is 0 Å². The van der Waals surface area contributed by atoms with Crippen LogP contribution in [0.2, 0.25) is 5.02 Å². The Labute approximate surface area is 130 Å². The molecule has 3 rings (SSSR count). The van der Waals surface area contributed by atoms with Gasteiger partial charge in [-0.2, -0.15) is 0 Å². The largest absolute Gasteiger partial charge is 0.481 e. The van der Waals surface area contributed by atoms with E-state index in [1.54, 1.807) is 18.2 Å². The van der Waals surface area contributed by atoms with Crippen LogP contribution in [0.15, 0.2) is 36.4 Å². The van der Waals surface area contributed by atoms with E-state index in [9.17, 15) is 9.59 Å². The molecule has 0 aliphatic rings. The van der Waals surface area contributed by atoms with Crippen molar-refractivity contribution in [1.29, 1.82) is 0 Å². The molecular weight excluding hydrogens is 306 g/mol. The molecule has 0 atom stereocenters. The summed E-state index contributed by atoms with van der Waals surface area (Å²) in [5.74, 6) is -4.12. The number of carboxylic acid groups (broad SMARTS) is 2. The monoisotopic (exact) mass is 317 g/mol. The Morgan fingerprint density at radius 2 is 1.73 bits per heavy atom. The zero-order valence-electron chi connectivity index (χ0n) is 11.3. The van der Waals surface area contributed by atoms with Gasteiger partial charge < -0.3 is 15.2 Å². The predicted octanol–water partition coefficient (Wildman–Crippen LogP) is 3.30. The van der Waals surface area contributed by atoms with Gasteiger partial charge in [0.1, 0.15) is 0 Å². The van der Waals surface area contributed by atoms with Gasteiger partial charge in [0.05, 0.1) is 0 Å². The van der Waals surface area contributed by atoms with Crippen molar-refractivity contribution < 1.29 is 19.8 Å². The first-order valence-corrected chi connectivity index (χ1v) is 6.99. The standard InChI is InChI=1S/C16H12ClNO4/c17-9-2-4-13-11(7-9)10-3-1-8(6-14(10)18-13)5-12(15(19)20)16(21)22/h1-4,6-7,12,18H,5H2,(H,19,20)(H,21,22). The third-order valence-corrected chi connectivity index (χ3v) is 3.90. The Kier molecular flexibility index (Phi) is 3.50. The van der Waals surface area contributed by atoms with Gasteiger partial charge in [-0.3, -0.25) is 9.59 Å². The molecule has 0 aliphatic heterocycles. The van der Waals surface area contributed by atoms with Gasteiger partial charge in [-0.25, -0.2) is 0 Å². The number of rotatable bonds is 4. The highest BCUT2D eigenvalue weighted by Crippen LogP contribution is 2.29. The number of aliphatic carboxylic acids is 2. The summed E-state index contributed by atoms with van der Waals surface area (Å²) in [6, 6.07) is 10.9. The Hall–Kier alpha value is -2.53. The second-order valence-corrected chi connectivity index (χ2v) is 5.56. The number of nitrogens with one attached hydrogen (secondary N) is 1. The number of fused-ring (bicyclic) bond motifs is 3. The summed E-state index contributed by atoms with van der Waals surface area (Å²) >= 11 is 6.00. The van der Waals surface area contributed by atoms with E-state index in [1.165, 1.54) is 0 Å². The Morgan fingerprint density at radius 3 is 2.41 bits per heavy atom. The average molecular weight is 318 g/mol. The third kappa shape index (κ3) is 2.51. The minimum absolute atomic E-state index is 0.0588. The fourth-order valence-corrected chi connectivity index (χ4v) is 2.74. The molecule has 0 aliphatic carbocycles. The SMILES string of the molecule is O=C(O)C(Cc1ccc2c(c1)[nH]c1ccc(Cl)cc12)C(=O)O. The van der Waals surface area contributed by atoms with Crippen LogP contribution in [0.25, 0.3) is 21.8 Å². The van der Waals surface area contributed by atoms with Gasteiger partial charge in [0.25, 0.3) is 0 Å². The molecule has 3 aromatic rings. The number of aromatic amines is 1. The highest BCUT2D eigenvalue weighted by molar-refractivity contribution is 6.31. The lowest BCUT2D eigenvalue weighted by atomic mass is 9.98. The quantitative estimate of drug-likeness (QED) is 0.644. The topological polar surface area (TPSA) is 90.4 Å². The first kappa shape index (κ1) is 14.4. The molecular formula is C16H12ClNO4. The summed E-state index contributed by atoms with van der Waals surface area (Å²) in [7, 11) is 0. The van der Waals surface area contributed by atoms with Crippen LogP contribution in [0.4, 0.5) is 0 Å². The normalized spacial score (nSPS) is 11.4. The highest BCUT2D eigenvalue weighted by Gasteiger charge is 2.26. The van der Waals surface area contributed by atoms with E-state index in [-0.39, 0.29) is 6.42 Å². The summed E-state index contributed by atoms with van der Waals surface area (Å²) in [6.07, 6.45) is -0.0588. The van der Waals surface area contributed by atoms with Crippen molar-refractivity contribution in [3.05, 3.63) is 47.0 Å².